The second kappa shape index (κ2) is 7.80. The van der Waals surface area contributed by atoms with Gasteiger partial charge in [-0.1, -0.05) is 15.9 Å². The van der Waals surface area contributed by atoms with Crippen LogP contribution < -0.4 is 10.8 Å². The van der Waals surface area contributed by atoms with E-state index >= 15 is 0 Å². The topological polar surface area (TPSA) is 96.9 Å². The standard InChI is InChI=1S/C13H16Br2N2O5/c1-13(2,3)22-12(20)17-21-6-10(18)16-9-5-7(14)4-8(15)11(9)19/h4-5,19H,6H2,1-3H3,(H,16,18)(H,17,20). The van der Waals surface area contributed by atoms with Crippen molar-refractivity contribution in [2.45, 2.75) is 26.4 Å². The Hall–Kier alpha value is -1.32. The summed E-state index contributed by atoms with van der Waals surface area (Å²) in [5.74, 6) is -0.673. The van der Waals surface area contributed by atoms with Crippen molar-refractivity contribution >= 4 is 49.5 Å². The van der Waals surface area contributed by atoms with Crippen LogP contribution in [-0.2, 0) is 14.4 Å². The fourth-order valence-electron chi connectivity index (χ4n) is 1.31. The maximum absolute atomic E-state index is 11.7. The Bertz CT molecular complexity index is 572. The highest BCUT2D eigenvalue weighted by Gasteiger charge is 2.16. The van der Waals surface area contributed by atoms with Gasteiger partial charge in [0.25, 0.3) is 5.91 Å². The van der Waals surface area contributed by atoms with Gasteiger partial charge in [0.1, 0.15) is 5.60 Å². The van der Waals surface area contributed by atoms with Crippen molar-refractivity contribution in [2.75, 3.05) is 11.9 Å². The van der Waals surface area contributed by atoms with Crippen LogP contribution in [0.2, 0.25) is 0 Å². The Morgan fingerprint density at radius 2 is 1.91 bits per heavy atom. The van der Waals surface area contributed by atoms with Gasteiger partial charge in [-0.05, 0) is 48.8 Å². The van der Waals surface area contributed by atoms with Crippen LogP contribution in [0.25, 0.3) is 0 Å². The number of halogens is 2. The Labute approximate surface area is 144 Å². The van der Waals surface area contributed by atoms with Crippen molar-refractivity contribution in [3.8, 4) is 5.75 Å². The quantitative estimate of drug-likeness (QED) is 0.494. The summed E-state index contributed by atoms with van der Waals surface area (Å²) in [5, 5.41) is 12.2. The first-order valence-corrected chi connectivity index (χ1v) is 7.76. The monoisotopic (exact) mass is 438 g/mol. The van der Waals surface area contributed by atoms with Gasteiger partial charge in [-0.2, -0.15) is 5.48 Å². The van der Waals surface area contributed by atoms with Crippen molar-refractivity contribution < 1.29 is 24.3 Å². The third-order valence-corrected chi connectivity index (χ3v) is 3.12. The zero-order valence-electron chi connectivity index (χ0n) is 12.2. The molecule has 0 aromatic heterocycles. The molecule has 0 radical (unpaired) electrons. The lowest BCUT2D eigenvalue weighted by molar-refractivity contribution is -0.122. The molecule has 1 aromatic carbocycles. The molecular formula is C13H16Br2N2O5. The largest absolute Gasteiger partial charge is 0.505 e. The van der Waals surface area contributed by atoms with E-state index in [4.69, 9.17) is 9.57 Å². The molecule has 3 N–H and O–H groups in total. The van der Waals surface area contributed by atoms with Crippen molar-refractivity contribution in [3.05, 3.63) is 21.1 Å². The summed E-state index contributed by atoms with van der Waals surface area (Å²) in [5.41, 5.74) is 1.53. The highest BCUT2D eigenvalue weighted by molar-refractivity contribution is 9.11. The normalized spacial score (nSPS) is 11.0. The summed E-state index contributed by atoms with van der Waals surface area (Å²) >= 11 is 6.39. The minimum Gasteiger partial charge on any atom is -0.505 e. The third kappa shape index (κ3) is 6.63. The maximum atomic E-state index is 11.7. The summed E-state index contributed by atoms with van der Waals surface area (Å²) in [7, 11) is 0. The van der Waals surface area contributed by atoms with E-state index < -0.39 is 24.2 Å². The molecule has 0 spiro atoms. The Kier molecular flexibility index (Phi) is 6.64. The van der Waals surface area contributed by atoms with Gasteiger partial charge in [-0.15, -0.1) is 0 Å². The van der Waals surface area contributed by atoms with Crippen LogP contribution in [0.3, 0.4) is 0 Å². The molecule has 1 rings (SSSR count). The van der Waals surface area contributed by atoms with Crippen LogP contribution in [0.5, 0.6) is 5.75 Å². The Morgan fingerprint density at radius 3 is 2.50 bits per heavy atom. The van der Waals surface area contributed by atoms with E-state index in [1.165, 1.54) is 6.07 Å². The molecule has 0 unspecified atom stereocenters. The minimum absolute atomic E-state index is 0.114. The zero-order valence-corrected chi connectivity index (χ0v) is 15.4. The average molecular weight is 440 g/mol. The molecule has 0 saturated heterocycles. The lowest BCUT2D eigenvalue weighted by Crippen LogP contribution is -2.34. The van der Waals surface area contributed by atoms with Gasteiger partial charge >= 0.3 is 6.09 Å². The third-order valence-electron chi connectivity index (χ3n) is 2.06. The summed E-state index contributed by atoms with van der Waals surface area (Å²) in [4.78, 5) is 27.7. The number of carbonyl (C=O) groups excluding carboxylic acids is 2. The van der Waals surface area contributed by atoms with Crippen molar-refractivity contribution in [3.63, 3.8) is 0 Å². The van der Waals surface area contributed by atoms with Crippen LogP contribution in [0, 0.1) is 0 Å². The smallest absolute Gasteiger partial charge is 0.431 e. The first kappa shape index (κ1) is 18.7. The van der Waals surface area contributed by atoms with E-state index in [0.29, 0.717) is 8.95 Å². The van der Waals surface area contributed by atoms with Crippen LogP contribution in [0.1, 0.15) is 20.8 Å². The van der Waals surface area contributed by atoms with Crippen LogP contribution in [0.15, 0.2) is 21.1 Å². The predicted molar refractivity (Wildman–Crippen MR) is 87.5 cm³/mol. The van der Waals surface area contributed by atoms with E-state index in [2.05, 4.69) is 37.2 Å². The molecule has 0 bridgehead atoms. The van der Waals surface area contributed by atoms with E-state index in [-0.39, 0.29) is 11.4 Å². The molecule has 0 atom stereocenters. The van der Waals surface area contributed by atoms with Crippen LogP contribution >= 0.6 is 31.9 Å². The number of rotatable bonds is 4. The number of hydroxylamine groups is 1. The van der Waals surface area contributed by atoms with Gasteiger partial charge in [0.15, 0.2) is 12.4 Å². The molecule has 122 valence electrons. The van der Waals surface area contributed by atoms with Gasteiger partial charge < -0.3 is 15.2 Å². The number of nitrogens with one attached hydrogen (secondary N) is 2. The average Bonchev–Trinajstić information content (AvgIpc) is 2.33. The SMILES string of the molecule is CC(C)(C)OC(=O)NOCC(=O)Nc1cc(Br)cc(Br)c1O. The van der Waals surface area contributed by atoms with Crippen LogP contribution in [-0.4, -0.2) is 29.3 Å². The molecule has 0 saturated carbocycles. The van der Waals surface area contributed by atoms with Gasteiger partial charge in [-0.25, -0.2) is 4.79 Å². The number of hydrogen-bond acceptors (Lipinski definition) is 5. The molecule has 0 aliphatic carbocycles. The molecule has 0 heterocycles. The second-order valence-corrected chi connectivity index (χ2v) is 6.99. The first-order chi connectivity index (χ1) is 10.1. The first-order valence-electron chi connectivity index (χ1n) is 6.17. The summed E-state index contributed by atoms with van der Waals surface area (Å²) < 4.78 is 6.02. The number of ether oxygens (including phenoxy) is 1. The zero-order chi connectivity index (χ0) is 16.9. The summed E-state index contributed by atoms with van der Waals surface area (Å²) in [6, 6.07) is 3.16. The molecule has 0 aliphatic rings. The van der Waals surface area contributed by atoms with Gasteiger partial charge in [0.05, 0.1) is 10.2 Å². The van der Waals surface area contributed by atoms with E-state index in [0.717, 1.165) is 0 Å². The van der Waals surface area contributed by atoms with Crippen molar-refractivity contribution in [1.29, 1.82) is 0 Å². The summed E-state index contributed by atoms with van der Waals surface area (Å²) in [6.45, 7) is 4.66. The number of phenols is 1. The second-order valence-electron chi connectivity index (χ2n) is 5.22. The van der Waals surface area contributed by atoms with Gasteiger partial charge in [-0.3, -0.25) is 9.63 Å². The molecule has 1 aromatic rings. The summed E-state index contributed by atoms with van der Waals surface area (Å²) in [6.07, 6.45) is -0.798. The number of carbonyl (C=O) groups is 2. The number of aromatic hydroxyl groups is 1. The molecule has 9 heteroatoms. The molecule has 7 nitrogen and oxygen atoms in total. The van der Waals surface area contributed by atoms with E-state index in [1.807, 2.05) is 5.48 Å². The molecule has 2 amide bonds. The minimum atomic E-state index is -0.798. The number of amides is 2. The molecule has 0 aliphatic heterocycles. The lowest BCUT2D eigenvalue weighted by atomic mass is 10.2. The fourth-order valence-corrected chi connectivity index (χ4v) is 2.53. The fraction of sp³-hybridized carbons (Fsp3) is 0.385. The Morgan fingerprint density at radius 1 is 1.27 bits per heavy atom. The highest BCUT2D eigenvalue weighted by atomic mass is 79.9. The molecule has 22 heavy (non-hydrogen) atoms. The van der Waals surface area contributed by atoms with E-state index in [1.54, 1.807) is 26.8 Å². The van der Waals surface area contributed by atoms with Crippen molar-refractivity contribution in [2.24, 2.45) is 0 Å². The van der Waals surface area contributed by atoms with Gasteiger partial charge in [0, 0.05) is 4.47 Å². The van der Waals surface area contributed by atoms with E-state index in [9.17, 15) is 14.7 Å². The Balaban J connectivity index is 2.46. The van der Waals surface area contributed by atoms with Gasteiger partial charge in [0.2, 0.25) is 0 Å². The highest BCUT2D eigenvalue weighted by Crippen LogP contribution is 2.35. The molecular weight excluding hydrogens is 424 g/mol. The van der Waals surface area contributed by atoms with Crippen molar-refractivity contribution in [1.82, 2.24) is 5.48 Å². The number of hydrogen-bond donors (Lipinski definition) is 3. The lowest BCUT2D eigenvalue weighted by Gasteiger charge is -2.19. The molecule has 0 fully saturated rings. The number of benzene rings is 1. The predicted octanol–water partition coefficient (Wildman–Crippen LogP) is 3.31. The van der Waals surface area contributed by atoms with Crippen LogP contribution in [0.4, 0.5) is 10.5 Å². The maximum Gasteiger partial charge on any atom is 0.431 e. The number of phenolic OH excluding ortho intramolecular Hbond substituents is 1. The number of anilines is 1.